The Labute approximate surface area is 177 Å². The van der Waals surface area contributed by atoms with Crippen LogP contribution in [0.15, 0.2) is 29.3 Å². The van der Waals surface area contributed by atoms with Crippen LogP contribution in [0.4, 0.5) is 0 Å². The number of para-hydroxylation sites is 1. The standard InChI is InChI=1S/C18H27ClN4O2.HI/c1-3-20-18(22-11-10-21-17(24)14-8-9-14)23-12-13(2)25-16-7-5-4-6-15(16)19;/h4-7,13-14H,3,8-12H2,1-2H3,(H,21,24)(H2,20,22,23);1H. The van der Waals surface area contributed by atoms with Crippen molar-refractivity contribution >= 4 is 47.4 Å². The smallest absolute Gasteiger partial charge is 0.223 e. The minimum absolute atomic E-state index is 0. The molecule has 1 aromatic rings. The molecular formula is C18H28ClIN4O2. The number of carbonyl (C=O) groups is 1. The van der Waals surface area contributed by atoms with Crippen molar-refractivity contribution in [3.05, 3.63) is 29.3 Å². The number of ether oxygens (including phenoxy) is 1. The van der Waals surface area contributed by atoms with Crippen LogP contribution in [-0.2, 0) is 4.79 Å². The number of amides is 1. The van der Waals surface area contributed by atoms with Crippen molar-refractivity contribution in [3.63, 3.8) is 0 Å². The lowest BCUT2D eigenvalue weighted by atomic mass is 10.3. The molecule has 1 saturated carbocycles. The lowest BCUT2D eigenvalue weighted by Gasteiger charge is -2.16. The Morgan fingerprint density at radius 1 is 1.27 bits per heavy atom. The second-order valence-corrected chi connectivity index (χ2v) is 6.48. The topological polar surface area (TPSA) is 74.8 Å². The van der Waals surface area contributed by atoms with Gasteiger partial charge in [0.05, 0.1) is 11.6 Å². The van der Waals surface area contributed by atoms with E-state index in [9.17, 15) is 4.79 Å². The first kappa shape index (κ1) is 22.8. The molecule has 146 valence electrons. The van der Waals surface area contributed by atoms with E-state index in [0.29, 0.717) is 36.4 Å². The van der Waals surface area contributed by atoms with E-state index in [1.54, 1.807) is 6.07 Å². The van der Waals surface area contributed by atoms with Gasteiger partial charge in [-0.2, -0.15) is 0 Å². The van der Waals surface area contributed by atoms with Crippen LogP contribution in [0.2, 0.25) is 5.02 Å². The third-order valence-corrected chi connectivity index (χ3v) is 3.99. The highest BCUT2D eigenvalue weighted by Gasteiger charge is 2.28. The summed E-state index contributed by atoms with van der Waals surface area (Å²) < 4.78 is 5.81. The molecule has 1 fully saturated rings. The number of carbonyl (C=O) groups excluding carboxylic acids is 1. The second kappa shape index (κ2) is 12.2. The van der Waals surface area contributed by atoms with Crippen molar-refractivity contribution in [1.29, 1.82) is 0 Å². The molecule has 1 aliphatic carbocycles. The predicted molar refractivity (Wildman–Crippen MR) is 117 cm³/mol. The Balaban J connectivity index is 0.00000338. The summed E-state index contributed by atoms with van der Waals surface area (Å²) in [4.78, 5) is 16.1. The van der Waals surface area contributed by atoms with E-state index in [2.05, 4.69) is 20.9 Å². The number of hydrogen-bond donors (Lipinski definition) is 3. The van der Waals surface area contributed by atoms with Crippen LogP contribution < -0.4 is 20.7 Å². The molecule has 0 saturated heterocycles. The number of rotatable bonds is 9. The van der Waals surface area contributed by atoms with Crippen molar-refractivity contribution in [2.24, 2.45) is 10.9 Å². The fourth-order valence-electron chi connectivity index (χ4n) is 2.21. The van der Waals surface area contributed by atoms with Crippen LogP contribution in [-0.4, -0.2) is 44.1 Å². The average molecular weight is 495 g/mol. The minimum Gasteiger partial charge on any atom is -0.487 e. The lowest BCUT2D eigenvalue weighted by Crippen LogP contribution is -2.42. The molecule has 0 radical (unpaired) electrons. The molecule has 1 unspecified atom stereocenters. The normalized spacial score (nSPS) is 14.8. The monoisotopic (exact) mass is 494 g/mol. The summed E-state index contributed by atoms with van der Waals surface area (Å²) in [5, 5.41) is 9.90. The molecule has 1 aliphatic rings. The fourth-order valence-corrected chi connectivity index (χ4v) is 2.39. The quantitative estimate of drug-likeness (QED) is 0.214. The van der Waals surface area contributed by atoms with E-state index in [4.69, 9.17) is 16.3 Å². The van der Waals surface area contributed by atoms with Crippen LogP contribution in [0.5, 0.6) is 5.75 Å². The van der Waals surface area contributed by atoms with Crippen molar-refractivity contribution in [3.8, 4) is 5.75 Å². The van der Waals surface area contributed by atoms with Gasteiger partial charge in [-0.25, -0.2) is 4.99 Å². The van der Waals surface area contributed by atoms with E-state index in [0.717, 1.165) is 19.4 Å². The Kier molecular flexibility index (Phi) is 10.7. The van der Waals surface area contributed by atoms with Gasteiger partial charge in [0, 0.05) is 25.6 Å². The van der Waals surface area contributed by atoms with Crippen molar-refractivity contribution in [2.75, 3.05) is 26.2 Å². The molecule has 0 spiro atoms. The predicted octanol–water partition coefficient (Wildman–Crippen LogP) is 2.81. The highest BCUT2D eigenvalue weighted by molar-refractivity contribution is 14.0. The van der Waals surface area contributed by atoms with Gasteiger partial charge in [0.2, 0.25) is 5.91 Å². The van der Waals surface area contributed by atoms with E-state index in [1.165, 1.54) is 0 Å². The second-order valence-electron chi connectivity index (χ2n) is 6.07. The van der Waals surface area contributed by atoms with E-state index in [1.807, 2.05) is 32.0 Å². The van der Waals surface area contributed by atoms with Gasteiger partial charge in [-0.15, -0.1) is 24.0 Å². The minimum atomic E-state index is -0.107. The SMILES string of the molecule is CCNC(=NCC(C)Oc1ccccc1Cl)NCCNC(=O)C1CC1.I. The van der Waals surface area contributed by atoms with Crippen molar-refractivity contribution in [2.45, 2.75) is 32.8 Å². The third kappa shape index (κ3) is 8.44. The molecule has 0 heterocycles. The first-order chi connectivity index (χ1) is 12.1. The van der Waals surface area contributed by atoms with Crippen LogP contribution in [0.1, 0.15) is 26.7 Å². The summed E-state index contributed by atoms with van der Waals surface area (Å²) in [6.07, 6.45) is 1.93. The van der Waals surface area contributed by atoms with Crippen LogP contribution in [0, 0.1) is 5.92 Å². The average Bonchev–Trinajstić information content (AvgIpc) is 3.43. The number of hydrogen-bond acceptors (Lipinski definition) is 3. The van der Waals surface area contributed by atoms with Gasteiger partial charge in [0.1, 0.15) is 11.9 Å². The molecule has 0 aromatic heterocycles. The molecule has 0 bridgehead atoms. The van der Waals surface area contributed by atoms with Gasteiger partial charge in [-0.3, -0.25) is 4.79 Å². The van der Waals surface area contributed by atoms with E-state index in [-0.39, 0.29) is 41.9 Å². The first-order valence-corrected chi connectivity index (χ1v) is 9.19. The molecule has 1 atom stereocenters. The van der Waals surface area contributed by atoms with Gasteiger partial charge in [0.25, 0.3) is 0 Å². The number of benzene rings is 1. The van der Waals surface area contributed by atoms with Crippen LogP contribution in [0.3, 0.4) is 0 Å². The third-order valence-electron chi connectivity index (χ3n) is 3.68. The summed E-state index contributed by atoms with van der Waals surface area (Å²) in [6.45, 7) is 6.44. The Hall–Kier alpha value is -1.22. The van der Waals surface area contributed by atoms with Gasteiger partial charge in [0.15, 0.2) is 5.96 Å². The molecule has 8 heteroatoms. The zero-order valence-electron chi connectivity index (χ0n) is 15.3. The number of halogens is 2. The molecule has 1 amide bonds. The molecule has 0 aliphatic heterocycles. The summed E-state index contributed by atoms with van der Waals surface area (Å²) in [7, 11) is 0. The molecule has 6 nitrogen and oxygen atoms in total. The summed E-state index contributed by atoms with van der Waals surface area (Å²) >= 11 is 6.10. The Bertz CT molecular complexity index is 596. The molecule has 1 aromatic carbocycles. The summed E-state index contributed by atoms with van der Waals surface area (Å²) in [6, 6.07) is 7.40. The van der Waals surface area contributed by atoms with E-state index < -0.39 is 0 Å². The molecule has 2 rings (SSSR count). The van der Waals surface area contributed by atoms with Crippen LogP contribution >= 0.6 is 35.6 Å². The molecular weight excluding hydrogens is 467 g/mol. The Morgan fingerprint density at radius 2 is 1.96 bits per heavy atom. The summed E-state index contributed by atoms with van der Waals surface area (Å²) in [5.41, 5.74) is 0. The zero-order valence-corrected chi connectivity index (χ0v) is 18.3. The lowest BCUT2D eigenvalue weighted by molar-refractivity contribution is -0.122. The van der Waals surface area contributed by atoms with Gasteiger partial charge < -0.3 is 20.7 Å². The maximum Gasteiger partial charge on any atom is 0.223 e. The zero-order chi connectivity index (χ0) is 18.1. The van der Waals surface area contributed by atoms with Crippen LogP contribution in [0.25, 0.3) is 0 Å². The Morgan fingerprint density at radius 3 is 2.62 bits per heavy atom. The number of aliphatic imine (C=N–C) groups is 1. The highest BCUT2D eigenvalue weighted by Crippen LogP contribution is 2.28. The van der Waals surface area contributed by atoms with Crippen molar-refractivity contribution < 1.29 is 9.53 Å². The van der Waals surface area contributed by atoms with E-state index >= 15 is 0 Å². The van der Waals surface area contributed by atoms with Crippen molar-refractivity contribution in [1.82, 2.24) is 16.0 Å². The van der Waals surface area contributed by atoms with Gasteiger partial charge in [-0.1, -0.05) is 23.7 Å². The van der Waals surface area contributed by atoms with Gasteiger partial charge >= 0.3 is 0 Å². The number of nitrogens with zero attached hydrogens (tertiary/aromatic N) is 1. The maximum absolute atomic E-state index is 11.6. The maximum atomic E-state index is 11.6. The number of nitrogens with one attached hydrogen (secondary N) is 3. The fraction of sp³-hybridized carbons (Fsp3) is 0.556. The number of guanidine groups is 1. The largest absolute Gasteiger partial charge is 0.487 e. The first-order valence-electron chi connectivity index (χ1n) is 8.81. The molecule has 26 heavy (non-hydrogen) atoms. The highest BCUT2D eigenvalue weighted by atomic mass is 127. The molecule has 3 N–H and O–H groups in total. The summed E-state index contributed by atoms with van der Waals surface area (Å²) in [5.74, 6) is 1.76. The van der Waals surface area contributed by atoms with Gasteiger partial charge in [-0.05, 0) is 38.8 Å².